The van der Waals surface area contributed by atoms with Gasteiger partial charge in [0.25, 0.3) is 0 Å². The Morgan fingerprint density at radius 3 is 0.825 bits per heavy atom. The van der Waals surface area contributed by atoms with E-state index in [9.17, 15) is 0 Å². The zero-order valence-electron chi connectivity index (χ0n) is 65.8. The molecule has 0 unspecified atom stereocenters. The molecule has 0 aliphatic heterocycles. The van der Waals surface area contributed by atoms with Crippen LogP contribution in [0.4, 0.5) is 0 Å². The maximum Gasteiger partial charge on any atom is 0.0702 e. The molecule has 2 aromatic heterocycles. The molecule has 0 atom stereocenters. The molecule has 0 amide bonds. The number of hydrogen-bond donors (Lipinski definition) is 0. The molecule has 0 saturated carbocycles. The highest BCUT2D eigenvalue weighted by molar-refractivity contribution is 5.87. The Labute approximate surface area is 675 Å². The first-order chi connectivity index (χ1) is 56.0. The van der Waals surface area contributed by atoms with Gasteiger partial charge in [0.1, 0.15) is 0 Å². The Hall–Kier alpha value is -14.2. The van der Waals surface area contributed by atoms with Crippen LogP contribution < -0.4 is 0 Å². The average Bonchev–Trinajstić information content (AvgIpc) is 0.825. The van der Waals surface area contributed by atoms with Crippen molar-refractivity contribution < 1.29 is 0 Å². The lowest BCUT2D eigenvalue weighted by Crippen LogP contribution is -1.87. The summed E-state index contributed by atoms with van der Waals surface area (Å²) in [5.74, 6) is 0. The smallest absolute Gasteiger partial charge is 0.0702 e. The van der Waals surface area contributed by atoms with Crippen molar-refractivity contribution in [1.82, 2.24) is 9.97 Å². The maximum absolute atomic E-state index is 4.40. The van der Waals surface area contributed by atoms with Gasteiger partial charge >= 0.3 is 0 Å². The molecule has 0 aliphatic carbocycles. The third-order valence-electron chi connectivity index (χ3n) is 19.8. The second-order valence-electron chi connectivity index (χ2n) is 28.4. The van der Waals surface area contributed by atoms with Gasteiger partial charge in [-0.25, -0.2) is 0 Å². The van der Waals surface area contributed by atoms with Crippen molar-refractivity contribution in [3.63, 3.8) is 0 Å². The quantitative estimate of drug-likeness (QED) is 0.122. The van der Waals surface area contributed by atoms with E-state index in [1.165, 1.54) is 145 Å². The van der Waals surface area contributed by atoms with Gasteiger partial charge in [0.05, 0.1) is 11.4 Å². The van der Waals surface area contributed by atoms with E-state index in [2.05, 4.69) is 458 Å². The number of benzene rings is 16. The molecule has 2 nitrogen and oxygen atoms in total. The Bertz CT molecular complexity index is 5910. The van der Waals surface area contributed by atoms with Crippen LogP contribution in [0, 0.1) is 41.5 Å². The topological polar surface area (TPSA) is 25.8 Å². The van der Waals surface area contributed by atoms with Gasteiger partial charge in [-0.2, -0.15) is 0 Å². The van der Waals surface area contributed by atoms with E-state index in [0.717, 1.165) is 22.5 Å². The molecule has 16 aromatic carbocycles. The van der Waals surface area contributed by atoms with Gasteiger partial charge in [-0.3, -0.25) is 9.97 Å². The van der Waals surface area contributed by atoms with Crippen molar-refractivity contribution in [2.24, 2.45) is 0 Å². The number of nitrogens with zero attached hydrogens (tertiary/aromatic N) is 2. The predicted molar refractivity (Wildman–Crippen MR) is 488 cm³/mol. The Morgan fingerprint density at radius 1 is 0.132 bits per heavy atom. The summed E-state index contributed by atoms with van der Waals surface area (Å²) in [7, 11) is 0. The first-order valence-electron chi connectivity index (χ1n) is 39.1. The lowest BCUT2D eigenvalue weighted by Gasteiger charge is -2.11. The van der Waals surface area contributed by atoms with Gasteiger partial charge in [-0.15, -0.1) is 0 Å². The SMILES string of the molecule is Cc1cc(-c2ccccn2)cc(-c2ccccn2)c1.Cc1ccc(-c2ccccc2)c(-c2ccccc2)c1.Cc1ccc(-c2ccccc2)cc1-c1ccccc1.Cc1ccc(-c2ccccc2-c2ccccc2)cc1.Cc1cccc(-c2cccc(-c3ccccc3)c2)c1.Cc1cccc(-c2ccccc2-c2ccccc2)c1. The van der Waals surface area contributed by atoms with Crippen molar-refractivity contribution >= 4 is 0 Å². The molecule has 2 heterocycles. The second-order valence-corrected chi connectivity index (χ2v) is 28.4. The van der Waals surface area contributed by atoms with Crippen LogP contribution in [0.2, 0.25) is 0 Å². The third-order valence-corrected chi connectivity index (χ3v) is 19.8. The Balaban J connectivity index is 0.000000119. The fourth-order valence-electron chi connectivity index (χ4n) is 14.0. The average molecular weight is 1470 g/mol. The summed E-state index contributed by atoms with van der Waals surface area (Å²) >= 11 is 0. The number of rotatable bonds is 12. The minimum Gasteiger partial charge on any atom is -0.256 e. The van der Waals surface area contributed by atoms with Gasteiger partial charge in [0.2, 0.25) is 0 Å². The summed E-state index contributed by atoms with van der Waals surface area (Å²) in [4.78, 5) is 8.81. The molecule has 18 rings (SSSR count). The summed E-state index contributed by atoms with van der Waals surface area (Å²) in [6, 6.07) is 157. The minimum absolute atomic E-state index is 0.989. The van der Waals surface area contributed by atoms with E-state index in [0.29, 0.717) is 0 Å². The lowest BCUT2D eigenvalue weighted by molar-refractivity contribution is 1.30. The molecular weight excluding hydrogens is 1370 g/mol. The molecule has 552 valence electrons. The van der Waals surface area contributed by atoms with Crippen molar-refractivity contribution in [1.29, 1.82) is 0 Å². The molecule has 0 bridgehead atoms. The van der Waals surface area contributed by atoms with Crippen LogP contribution in [0.15, 0.2) is 461 Å². The summed E-state index contributed by atoms with van der Waals surface area (Å²) in [5.41, 5.74) is 37.4. The first-order valence-corrected chi connectivity index (χ1v) is 39.1. The van der Waals surface area contributed by atoms with E-state index < -0.39 is 0 Å². The molecule has 0 fully saturated rings. The van der Waals surface area contributed by atoms with Crippen LogP contribution in [0.5, 0.6) is 0 Å². The molecule has 2 heteroatoms. The Morgan fingerprint density at radius 2 is 0.404 bits per heavy atom. The highest BCUT2D eigenvalue weighted by atomic mass is 14.7. The van der Waals surface area contributed by atoms with Crippen LogP contribution in [0.1, 0.15) is 33.4 Å². The molecule has 0 spiro atoms. The molecule has 0 N–H and O–H groups in total. The van der Waals surface area contributed by atoms with Crippen LogP contribution >= 0.6 is 0 Å². The third kappa shape index (κ3) is 21.6. The fraction of sp³-hybridized carbons (Fsp3) is 0.0536. The molecule has 114 heavy (non-hydrogen) atoms. The predicted octanol–water partition coefficient (Wildman–Crippen LogP) is 30.8. The summed E-state index contributed by atoms with van der Waals surface area (Å²) in [6.45, 7) is 12.8. The van der Waals surface area contributed by atoms with Gasteiger partial charge in [0, 0.05) is 23.5 Å². The van der Waals surface area contributed by atoms with Crippen LogP contribution in [-0.4, -0.2) is 9.97 Å². The zero-order chi connectivity index (χ0) is 78.5. The number of aromatic nitrogens is 2. The van der Waals surface area contributed by atoms with Gasteiger partial charge in [-0.05, 0) is 219 Å². The fourth-order valence-corrected chi connectivity index (χ4v) is 14.0. The van der Waals surface area contributed by atoms with Gasteiger partial charge in [-0.1, -0.05) is 417 Å². The van der Waals surface area contributed by atoms with Gasteiger partial charge < -0.3 is 0 Å². The highest BCUT2D eigenvalue weighted by Crippen LogP contribution is 2.37. The van der Waals surface area contributed by atoms with Crippen molar-refractivity contribution in [2.45, 2.75) is 41.5 Å². The summed E-state index contributed by atoms with van der Waals surface area (Å²) in [5, 5.41) is 0. The summed E-state index contributed by atoms with van der Waals surface area (Å²) < 4.78 is 0. The van der Waals surface area contributed by atoms with Crippen LogP contribution in [0.25, 0.3) is 134 Å². The van der Waals surface area contributed by atoms with Crippen molar-refractivity contribution in [3.8, 4) is 134 Å². The van der Waals surface area contributed by atoms with Crippen LogP contribution in [-0.2, 0) is 0 Å². The van der Waals surface area contributed by atoms with E-state index >= 15 is 0 Å². The maximum atomic E-state index is 4.40. The molecule has 0 saturated heterocycles. The first kappa shape index (κ1) is 78.0. The summed E-state index contributed by atoms with van der Waals surface area (Å²) in [6.07, 6.45) is 3.64. The number of pyridine rings is 2. The molecule has 18 aromatic rings. The number of hydrogen-bond acceptors (Lipinski definition) is 2. The monoisotopic (exact) mass is 1470 g/mol. The lowest BCUT2D eigenvalue weighted by atomic mass is 9.93. The molecule has 0 radical (unpaired) electrons. The highest BCUT2D eigenvalue weighted by Gasteiger charge is 2.12. The van der Waals surface area contributed by atoms with E-state index in [1.54, 1.807) is 0 Å². The number of aryl methyl sites for hydroxylation is 6. The largest absolute Gasteiger partial charge is 0.256 e. The molecule has 0 aliphatic rings. The van der Waals surface area contributed by atoms with E-state index in [4.69, 9.17) is 0 Å². The normalized spacial score (nSPS) is 10.4. The molecular formula is C112H94N2. The van der Waals surface area contributed by atoms with E-state index in [1.807, 2.05) is 54.9 Å². The van der Waals surface area contributed by atoms with E-state index in [-0.39, 0.29) is 0 Å². The van der Waals surface area contributed by atoms with Crippen LogP contribution in [0.3, 0.4) is 0 Å². The van der Waals surface area contributed by atoms with Gasteiger partial charge in [0.15, 0.2) is 0 Å². The minimum atomic E-state index is 0.989. The zero-order valence-corrected chi connectivity index (χ0v) is 65.8. The standard InChI is InChI=1S/5C19H16.C17H14N2/c1-15-12-13-18(16-8-4-2-5-9-16)14-19(15)17-10-6-3-7-11-17;1-15-12-13-18(16-8-4-2-5-9-16)19(14-15)17-10-6-3-7-11-17;1-15-7-5-10-17(13-15)19-12-6-11-18(14-19)16-8-3-2-4-9-16;1-15-8-7-11-17(14-15)19-13-6-5-12-18(19)16-9-3-2-4-10-16;1-15-11-13-17(14-12-15)19-10-6-5-9-18(19)16-7-3-2-4-8-16;1-13-10-14(16-6-2-4-8-18-16)12-15(11-13)17-7-3-5-9-19-17/h5*2-14H,1H3;2-12H,1H3. The Kier molecular flexibility index (Phi) is 27.3. The second kappa shape index (κ2) is 40.0. The van der Waals surface area contributed by atoms with Crippen molar-refractivity contribution in [2.75, 3.05) is 0 Å². The van der Waals surface area contributed by atoms with Crippen molar-refractivity contribution in [3.05, 3.63) is 495 Å².